The third-order valence-corrected chi connectivity index (χ3v) is 6.05. The van der Waals surface area contributed by atoms with Crippen molar-refractivity contribution in [3.05, 3.63) is 90.3 Å². The molecule has 0 aliphatic carbocycles. The fraction of sp³-hybridized carbons (Fsp3) is 0.286. The lowest BCUT2D eigenvalue weighted by molar-refractivity contribution is 0.0328. The molecule has 0 spiro atoms. The average Bonchev–Trinajstić information content (AvgIpc) is 2.85. The Bertz CT molecular complexity index is 1120. The van der Waals surface area contributed by atoms with Gasteiger partial charge < -0.3 is 9.47 Å². The monoisotopic (exact) mass is 452 g/mol. The second-order valence-electron chi connectivity index (χ2n) is 8.29. The zero-order chi connectivity index (χ0) is 23.4. The van der Waals surface area contributed by atoms with Gasteiger partial charge in [0.2, 0.25) is 5.82 Å². The number of hydrogen-bond donors (Lipinski definition) is 0. The van der Waals surface area contributed by atoms with Crippen molar-refractivity contribution >= 4 is 0 Å². The highest BCUT2D eigenvalue weighted by Crippen LogP contribution is 2.34. The van der Waals surface area contributed by atoms with Crippen LogP contribution < -0.4 is 4.74 Å². The summed E-state index contributed by atoms with van der Waals surface area (Å²) < 4.78 is 54.9. The molecule has 0 bridgehead atoms. The first-order valence-electron chi connectivity index (χ1n) is 11.3. The standard InChI is InChI=1S/C28H27F3O2/c1-3-15-32-26-14-13-24(27(30)28(26)31)19-7-5-18(6-8-19)23-12-10-20(16-25(23)29)21-9-11-22(4-2)33-17-21/h4-8,10,12-14,16,21-22H,2-3,9,11,15,17H2,1H3. The van der Waals surface area contributed by atoms with E-state index >= 15 is 0 Å². The summed E-state index contributed by atoms with van der Waals surface area (Å²) in [6, 6.07) is 14.9. The quantitative estimate of drug-likeness (QED) is 0.342. The maximum absolute atomic E-state index is 14.9. The Morgan fingerprint density at radius 2 is 1.64 bits per heavy atom. The summed E-state index contributed by atoms with van der Waals surface area (Å²) in [6.45, 7) is 6.52. The Morgan fingerprint density at radius 3 is 2.24 bits per heavy atom. The van der Waals surface area contributed by atoms with Crippen LogP contribution in [0.2, 0.25) is 0 Å². The largest absolute Gasteiger partial charge is 0.490 e. The van der Waals surface area contributed by atoms with Crippen LogP contribution in [0.3, 0.4) is 0 Å². The van der Waals surface area contributed by atoms with Crippen LogP contribution in [0.5, 0.6) is 5.75 Å². The normalized spacial score (nSPS) is 18.2. The van der Waals surface area contributed by atoms with Crippen LogP contribution in [0.25, 0.3) is 22.3 Å². The van der Waals surface area contributed by atoms with Gasteiger partial charge in [-0.3, -0.25) is 0 Å². The lowest BCUT2D eigenvalue weighted by Crippen LogP contribution is -2.23. The van der Waals surface area contributed by atoms with Gasteiger partial charge in [0.1, 0.15) is 5.82 Å². The summed E-state index contributed by atoms with van der Waals surface area (Å²) in [4.78, 5) is 0. The molecule has 5 heteroatoms. The molecule has 1 aliphatic heterocycles. The summed E-state index contributed by atoms with van der Waals surface area (Å²) in [6.07, 6.45) is 4.38. The summed E-state index contributed by atoms with van der Waals surface area (Å²) >= 11 is 0. The van der Waals surface area contributed by atoms with Gasteiger partial charge in [0, 0.05) is 17.0 Å². The molecule has 2 nitrogen and oxygen atoms in total. The third-order valence-electron chi connectivity index (χ3n) is 6.05. The lowest BCUT2D eigenvalue weighted by atomic mass is 9.90. The minimum Gasteiger partial charge on any atom is -0.490 e. The van der Waals surface area contributed by atoms with Gasteiger partial charge in [-0.1, -0.05) is 49.4 Å². The number of rotatable bonds is 7. The SMILES string of the molecule is C=CC1CCC(c2ccc(-c3ccc(-c4ccc(OCCC)c(F)c4F)cc3)c(F)c2)CO1. The van der Waals surface area contributed by atoms with Crippen molar-refractivity contribution in [1.29, 1.82) is 0 Å². The van der Waals surface area contributed by atoms with Gasteiger partial charge in [0.25, 0.3) is 0 Å². The maximum atomic E-state index is 14.9. The topological polar surface area (TPSA) is 18.5 Å². The Hall–Kier alpha value is -3.05. The van der Waals surface area contributed by atoms with Crippen molar-refractivity contribution in [3.63, 3.8) is 0 Å². The molecule has 33 heavy (non-hydrogen) atoms. The second-order valence-corrected chi connectivity index (χ2v) is 8.29. The van der Waals surface area contributed by atoms with E-state index in [0.717, 1.165) is 18.4 Å². The number of hydrogen-bond acceptors (Lipinski definition) is 2. The molecule has 3 aromatic carbocycles. The molecule has 3 aromatic rings. The van der Waals surface area contributed by atoms with Gasteiger partial charge in [-0.15, -0.1) is 6.58 Å². The van der Waals surface area contributed by atoms with Crippen LogP contribution in [-0.4, -0.2) is 19.3 Å². The molecular formula is C28H27F3O2. The average molecular weight is 453 g/mol. The predicted octanol–water partition coefficient (Wildman–Crippen LogP) is 7.68. The highest BCUT2D eigenvalue weighted by Gasteiger charge is 2.22. The highest BCUT2D eigenvalue weighted by molar-refractivity contribution is 5.71. The molecule has 1 aliphatic rings. The molecule has 0 amide bonds. The van der Waals surface area contributed by atoms with E-state index in [1.807, 2.05) is 13.0 Å². The van der Waals surface area contributed by atoms with E-state index in [0.29, 0.717) is 36.3 Å². The molecule has 1 fully saturated rings. The summed E-state index contributed by atoms with van der Waals surface area (Å²) in [5.74, 6) is -2.21. The second kappa shape index (κ2) is 10.3. The molecule has 2 atom stereocenters. The third kappa shape index (κ3) is 4.98. The fourth-order valence-corrected chi connectivity index (χ4v) is 4.15. The number of benzene rings is 3. The Kier molecular flexibility index (Phi) is 7.19. The zero-order valence-corrected chi connectivity index (χ0v) is 18.6. The smallest absolute Gasteiger partial charge is 0.201 e. The predicted molar refractivity (Wildman–Crippen MR) is 125 cm³/mol. The van der Waals surface area contributed by atoms with Crippen LogP contribution >= 0.6 is 0 Å². The molecule has 172 valence electrons. The fourth-order valence-electron chi connectivity index (χ4n) is 4.15. The zero-order valence-electron chi connectivity index (χ0n) is 18.6. The van der Waals surface area contributed by atoms with Gasteiger partial charge >= 0.3 is 0 Å². The van der Waals surface area contributed by atoms with Crippen molar-refractivity contribution in [1.82, 2.24) is 0 Å². The Labute approximate surface area is 192 Å². The molecule has 1 saturated heterocycles. The maximum Gasteiger partial charge on any atom is 0.201 e. The van der Waals surface area contributed by atoms with E-state index in [1.54, 1.807) is 42.5 Å². The van der Waals surface area contributed by atoms with Crippen molar-refractivity contribution in [3.8, 4) is 28.0 Å². The van der Waals surface area contributed by atoms with Gasteiger partial charge in [0.05, 0.1) is 19.3 Å². The summed E-state index contributed by atoms with van der Waals surface area (Å²) in [7, 11) is 0. The van der Waals surface area contributed by atoms with Crippen molar-refractivity contribution in [2.24, 2.45) is 0 Å². The van der Waals surface area contributed by atoms with Crippen molar-refractivity contribution in [2.75, 3.05) is 13.2 Å². The van der Waals surface area contributed by atoms with E-state index in [9.17, 15) is 13.2 Å². The Morgan fingerprint density at radius 1 is 0.939 bits per heavy atom. The van der Waals surface area contributed by atoms with E-state index in [1.165, 1.54) is 12.1 Å². The minimum atomic E-state index is -1.00. The first-order chi connectivity index (χ1) is 16.0. The van der Waals surface area contributed by atoms with Crippen LogP contribution in [-0.2, 0) is 4.74 Å². The highest BCUT2D eigenvalue weighted by atomic mass is 19.2. The van der Waals surface area contributed by atoms with Crippen molar-refractivity contribution < 1.29 is 22.6 Å². The minimum absolute atomic E-state index is 0.0715. The van der Waals surface area contributed by atoms with E-state index in [4.69, 9.17) is 9.47 Å². The van der Waals surface area contributed by atoms with Gasteiger partial charge in [-0.25, -0.2) is 8.78 Å². The first kappa shape index (κ1) is 23.1. The first-order valence-corrected chi connectivity index (χ1v) is 11.3. The van der Waals surface area contributed by atoms with Crippen LogP contribution in [0.15, 0.2) is 67.3 Å². The molecule has 4 rings (SSSR count). The summed E-state index contributed by atoms with van der Waals surface area (Å²) in [5, 5.41) is 0. The molecule has 1 heterocycles. The molecule has 0 N–H and O–H groups in total. The molecule has 0 aromatic heterocycles. The van der Waals surface area contributed by atoms with Gasteiger partial charge in [0.15, 0.2) is 11.6 Å². The molecule has 0 saturated carbocycles. The molecule has 0 radical (unpaired) electrons. The van der Waals surface area contributed by atoms with E-state index in [-0.39, 0.29) is 29.2 Å². The molecule has 2 unspecified atom stereocenters. The Balaban J connectivity index is 1.53. The number of ether oxygens (including phenoxy) is 2. The number of halogens is 3. The van der Waals surface area contributed by atoms with Gasteiger partial charge in [-0.05, 0) is 54.2 Å². The van der Waals surface area contributed by atoms with Gasteiger partial charge in [-0.2, -0.15) is 4.39 Å². The lowest BCUT2D eigenvalue weighted by Gasteiger charge is -2.27. The molecular weight excluding hydrogens is 425 g/mol. The van der Waals surface area contributed by atoms with Crippen LogP contribution in [0.4, 0.5) is 13.2 Å². The van der Waals surface area contributed by atoms with Crippen molar-refractivity contribution in [2.45, 2.75) is 38.2 Å². The van der Waals surface area contributed by atoms with E-state index < -0.39 is 11.6 Å². The summed E-state index contributed by atoms with van der Waals surface area (Å²) in [5.41, 5.74) is 2.68. The van der Waals surface area contributed by atoms with Crippen LogP contribution in [0, 0.1) is 17.5 Å². The van der Waals surface area contributed by atoms with Crippen LogP contribution in [0.1, 0.15) is 37.7 Å². The van der Waals surface area contributed by atoms with E-state index in [2.05, 4.69) is 6.58 Å².